The molecule has 0 aliphatic carbocycles. The van der Waals surface area contributed by atoms with Crippen LogP contribution in [0.5, 0.6) is 0 Å². The molecule has 0 aromatic rings. The highest BCUT2D eigenvalue weighted by atomic mass is 16.6. The molecule has 184 valence electrons. The van der Waals surface area contributed by atoms with Crippen molar-refractivity contribution in [1.29, 1.82) is 0 Å². The lowest BCUT2D eigenvalue weighted by atomic mass is 10.0. The topological polar surface area (TPSA) is 55.8 Å². The SMILES string of the molecule is CCCCCCCCCCOC(=O)[C@H](CC(C)C)N(C)C(=O)OCCCCCCCC. The van der Waals surface area contributed by atoms with Crippen LogP contribution < -0.4 is 0 Å². The Bertz CT molecular complexity index is 439. The van der Waals surface area contributed by atoms with E-state index in [-0.39, 0.29) is 11.9 Å². The van der Waals surface area contributed by atoms with Crippen LogP contribution in [0.25, 0.3) is 0 Å². The van der Waals surface area contributed by atoms with E-state index in [0.717, 1.165) is 25.7 Å². The number of hydrogen-bond acceptors (Lipinski definition) is 4. The lowest BCUT2D eigenvalue weighted by molar-refractivity contribution is -0.149. The van der Waals surface area contributed by atoms with E-state index in [9.17, 15) is 9.59 Å². The molecule has 5 nitrogen and oxygen atoms in total. The standard InChI is InChI=1S/C26H51NO4/c1-6-8-10-12-14-15-17-18-20-30-25(28)24(22-23(3)4)27(5)26(29)31-21-19-16-13-11-9-7-2/h23-24H,6-22H2,1-5H3/t24-/m0/s1. The number of carbonyl (C=O) groups excluding carboxylic acids is 2. The predicted molar refractivity (Wildman–Crippen MR) is 129 cm³/mol. The second kappa shape index (κ2) is 20.6. The van der Waals surface area contributed by atoms with Crippen molar-refractivity contribution < 1.29 is 19.1 Å². The zero-order chi connectivity index (χ0) is 23.3. The monoisotopic (exact) mass is 441 g/mol. The summed E-state index contributed by atoms with van der Waals surface area (Å²) in [5, 5.41) is 0. The van der Waals surface area contributed by atoms with Gasteiger partial charge in [-0.1, -0.05) is 105 Å². The van der Waals surface area contributed by atoms with Gasteiger partial charge in [0.05, 0.1) is 13.2 Å². The van der Waals surface area contributed by atoms with Crippen LogP contribution in [0.1, 0.15) is 124 Å². The first-order valence-electron chi connectivity index (χ1n) is 13.0. The molecule has 0 saturated carbocycles. The van der Waals surface area contributed by atoms with Crippen LogP contribution in [0.15, 0.2) is 0 Å². The van der Waals surface area contributed by atoms with Gasteiger partial charge in [0.2, 0.25) is 0 Å². The maximum atomic E-state index is 12.6. The fourth-order valence-electron chi connectivity index (χ4n) is 3.63. The van der Waals surface area contributed by atoms with Gasteiger partial charge in [0.25, 0.3) is 0 Å². The van der Waals surface area contributed by atoms with E-state index >= 15 is 0 Å². The van der Waals surface area contributed by atoms with Crippen LogP contribution in [0.2, 0.25) is 0 Å². The van der Waals surface area contributed by atoms with Crippen molar-refractivity contribution in [3.05, 3.63) is 0 Å². The van der Waals surface area contributed by atoms with Gasteiger partial charge in [-0.3, -0.25) is 4.90 Å². The van der Waals surface area contributed by atoms with Gasteiger partial charge in [-0.2, -0.15) is 0 Å². The molecule has 0 aromatic heterocycles. The first-order chi connectivity index (χ1) is 14.9. The molecule has 0 aliphatic heterocycles. The Morgan fingerprint density at radius 1 is 0.677 bits per heavy atom. The number of likely N-dealkylation sites (N-methyl/N-ethyl adjacent to an activating group) is 1. The van der Waals surface area contributed by atoms with Crippen molar-refractivity contribution in [3.8, 4) is 0 Å². The Hall–Kier alpha value is -1.26. The van der Waals surface area contributed by atoms with E-state index in [0.29, 0.717) is 19.6 Å². The molecule has 1 atom stereocenters. The van der Waals surface area contributed by atoms with Crippen molar-refractivity contribution in [2.45, 2.75) is 130 Å². The fraction of sp³-hybridized carbons (Fsp3) is 0.923. The summed E-state index contributed by atoms with van der Waals surface area (Å²) in [5.41, 5.74) is 0. The maximum absolute atomic E-state index is 12.6. The van der Waals surface area contributed by atoms with E-state index in [1.807, 2.05) is 13.8 Å². The molecule has 0 fully saturated rings. The fourth-order valence-corrected chi connectivity index (χ4v) is 3.63. The van der Waals surface area contributed by atoms with Gasteiger partial charge < -0.3 is 9.47 Å². The van der Waals surface area contributed by atoms with E-state index < -0.39 is 12.1 Å². The van der Waals surface area contributed by atoms with Gasteiger partial charge in [0.1, 0.15) is 6.04 Å². The van der Waals surface area contributed by atoms with Crippen LogP contribution in [-0.2, 0) is 14.3 Å². The van der Waals surface area contributed by atoms with Gasteiger partial charge in [-0.05, 0) is 25.2 Å². The highest BCUT2D eigenvalue weighted by Crippen LogP contribution is 2.15. The summed E-state index contributed by atoms with van der Waals surface area (Å²) in [7, 11) is 1.65. The molecule has 31 heavy (non-hydrogen) atoms. The summed E-state index contributed by atoms with van der Waals surface area (Å²) in [6.45, 7) is 9.38. The summed E-state index contributed by atoms with van der Waals surface area (Å²) in [6, 6.07) is -0.578. The third-order valence-electron chi connectivity index (χ3n) is 5.69. The Labute approximate surface area is 192 Å². The molecular formula is C26H51NO4. The smallest absolute Gasteiger partial charge is 0.410 e. The highest BCUT2D eigenvalue weighted by molar-refractivity contribution is 5.81. The van der Waals surface area contributed by atoms with Crippen molar-refractivity contribution in [3.63, 3.8) is 0 Å². The summed E-state index contributed by atoms with van der Waals surface area (Å²) in [5.74, 6) is -0.0230. The van der Waals surface area contributed by atoms with Crippen LogP contribution in [-0.4, -0.2) is 43.3 Å². The molecule has 0 radical (unpaired) electrons. The molecule has 1 amide bonds. The lowest BCUT2D eigenvalue weighted by Crippen LogP contribution is -2.44. The molecule has 0 heterocycles. The first kappa shape index (κ1) is 29.7. The summed E-state index contributed by atoms with van der Waals surface area (Å²) in [4.78, 5) is 26.5. The van der Waals surface area contributed by atoms with Crippen molar-refractivity contribution in [2.75, 3.05) is 20.3 Å². The Morgan fingerprint density at radius 2 is 1.10 bits per heavy atom. The Balaban J connectivity index is 4.18. The van der Waals surface area contributed by atoms with E-state index in [4.69, 9.17) is 9.47 Å². The molecule has 0 unspecified atom stereocenters. The normalized spacial score (nSPS) is 12.1. The first-order valence-corrected chi connectivity index (χ1v) is 13.0. The average Bonchev–Trinajstić information content (AvgIpc) is 2.74. The second-order valence-electron chi connectivity index (χ2n) is 9.28. The third-order valence-corrected chi connectivity index (χ3v) is 5.69. The van der Waals surface area contributed by atoms with Gasteiger partial charge in [0.15, 0.2) is 0 Å². The number of hydrogen-bond donors (Lipinski definition) is 0. The number of ether oxygens (including phenoxy) is 2. The predicted octanol–water partition coefficient (Wildman–Crippen LogP) is 7.51. The number of esters is 1. The van der Waals surface area contributed by atoms with Crippen molar-refractivity contribution in [1.82, 2.24) is 4.90 Å². The number of nitrogens with zero attached hydrogens (tertiary/aromatic N) is 1. The molecule has 0 aromatic carbocycles. The summed E-state index contributed by atoms with van der Waals surface area (Å²) >= 11 is 0. The number of rotatable bonds is 20. The average molecular weight is 442 g/mol. The zero-order valence-electron chi connectivity index (χ0n) is 21.3. The molecule has 5 heteroatoms. The minimum Gasteiger partial charge on any atom is -0.464 e. The lowest BCUT2D eigenvalue weighted by Gasteiger charge is -2.27. The largest absolute Gasteiger partial charge is 0.464 e. The van der Waals surface area contributed by atoms with Gasteiger partial charge in [-0.25, -0.2) is 9.59 Å². The molecule has 0 spiro atoms. The molecule has 0 bridgehead atoms. The van der Waals surface area contributed by atoms with Crippen LogP contribution in [0.3, 0.4) is 0 Å². The second-order valence-corrected chi connectivity index (χ2v) is 9.28. The van der Waals surface area contributed by atoms with Crippen LogP contribution in [0, 0.1) is 5.92 Å². The van der Waals surface area contributed by atoms with Gasteiger partial charge in [-0.15, -0.1) is 0 Å². The Morgan fingerprint density at radius 3 is 1.55 bits per heavy atom. The minimum absolute atomic E-state index is 0.287. The van der Waals surface area contributed by atoms with Gasteiger partial charge >= 0.3 is 12.1 Å². The van der Waals surface area contributed by atoms with E-state index in [2.05, 4.69) is 13.8 Å². The van der Waals surface area contributed by atoms with E-state index in [1.165, 1.54) is 69.1 Å². The summed E-state index contributed by atoms with van der Waals surface area (Å²) in [6.07, 6.45) is 16.7. The van der Waals surface area contributed by atoms with E-state index in [1.54, 1.807) is 7.05 Å². The van der Waals surface area contributed by atoms with Crippen LogP contribution >= 0.6 is 0 Å². The quantitative estimate of drug-likeness (QED) is 0.145. The summed E-state index contributed by atoms with van der Waals surface area (Å²) < 4.78 is 10.9. The number of unbranched alkanes of at least 4 members (excludes halogenated alkanes) is 12. The zero-order valence-corrected chi connectivity index (χ0v) is 21.3. The van der Waals surface area contributed by atoms with Crippen molar-refractivity contribution in [2.24, 2.45) is 5.92 Å². The molecular weight excluding hydrogens is 390 g/mol. The van der Waals surface area contributed by atoms with Crippen LogP contribution in [0.4, 0.5) is 4.79 Å². The molecule has 0 aliphatic rings. The molecule has 0 rings (SSSR count). The van der Waals surface area contributed by atoms with Crippen molar-refractivity contribution >= 4 is 12.1 Å². The number of amides is 1. The maximum Gasteiger partial charge on any atom is 0.410 e. The Kier molecular flexibility index (Phi) is 19.8. The van der Waals surface area contributed by atoms with Gasteiger partial charge in [0, 0.05) is 7.05 Å². The third kappa shape index (κ3) is 17.0. The highest BCUT2D eigenvalue weighted by Gasteiger charge is 2.29. The number of carbonyl (C=O) groups is 2. The molecule has 0 N–H and O–H groups in total. The molecule has 0 saturated heterocycles. The minimum atomic E-state index is -0.578.